The van der Waals surface area contributed by atoms with Crippen molar-refractivity contribution in [3.63, 3.8) is 0 Å². The lowest BCUT2D eigenvalue weighted by atomic mass is 9.85. The predicted octanol–water partition coefficient (Wildman–Crippen LogP) is 10.4. The third kappa shape index (κ3) is 5.57. The van der Waals surface area contributed by atoms with E-state index < -0.39 is 0 Å². The first-order chi connectivity index (χ1) is 22.5. The van der Waals surface area contributed by atoms with Crippen molar-refractivity contribution in [3.05, 3.63) is 132 Å². The molecule has 5 aromatic carbocycles. The Balaban J connectivity index is 1.56. The van der Waals surface area contributed by atoms with Gasteiger partial charge in [0.1, 0.15) is 0 Å². The van der Waals surface area contributed by atoms with E-state index in [2.05, 4.69) is 88.6 Å². The molecule has 0 amide bonds. The zero-order valence-electron chi connectivity index (χ0n) is 27.7. The molecule has 0 aliphatic rings. The smallest absolute Gasteiger partial charge is 0.166 e. The summed E-state index contributed by atoms with van der Waals surface area (Å²) in [5.74, 6) is 1.67. The SMILES string of the molecule is CC(C)(C)c1ccc2c(c1)c1cc(C(C)(C)C)ccc1n2-c1ccc(C#N)cc1-c1nc(-c2ccccc2)nc(-c2ccccc2)n1. The zero-order chi connectivity index (χ0) is 32.9. The van der Waals surface area contributed by atoms with E-state index in [1.54, 1.807) is 0 Å². The normalized spacial score (nSPS) is 12.0. The maximum Gasteiger partial charge on any atom is 0.166 e. The molecule has 2 aromatic heterocycles. The summed E-state index contributed by atoms with van der Waals surface area (Å²) < 4.78 is 2.30. The summed E-state index contributed by atoms with van der Waals surface area (Å²) in [4.78, 5) is 15.0. The Labute approximate surface area is 276 Å². The van der Waals surface area contributed by atoms with Crippen molar-refractivity contribution in [1.82, 2.24) is 19.5 Å². The highest BCUT2D eigenvalue weighted by atomic mass is 15.1. The molecule has 0 aliphatic heterocycles. The van der Waals surface area contributed by atoms with E-state index in [0.29, 0.717) is 23.0 Å². The van der Waals surface area contributed by atoms with Crippen LogP contribution < -0.4 is 0 Å². The number of rotatable bonds is 4. The Bertz CT molecular complexity index is 2180. The van der Waals surface area contributed by atoms with Crippen LogP contribution in [0, 0.1) is 11.3 Å². The van der Waals surface area contributed by atoms with Crippen LogP contribution in [0.3, 0.4) is 0 Å². The van der Waals surface area contributed by atoms with Gasteiger partial charge in [0.15, 0.2) is 17.5 Å². The van der Waals surface area contributed by atoms with E-state index in [1.165, 1.54) is 21.9 Å². The van der Waals surface area contributed by atoms with Gasteiger partial charge in [0.25, 0.3) is 0 Å². The minimum atomic E-state index is -0.00356. The number of fused-ring (bicyclic) bond motifs is 3. The Morgan fingerprint density at radius 2 is 1.00 bits per heavy atom. The second-order valence-electron chi connectivity index (χ2n) is 14.2. The van der Waals surface area contributed by atoms with Gasteiger partial charge in [-0.3, -0.25) is 0 Å². The summed E-state index contributed by atoms with van der Waals surface area (Å²) in [6.07, 6.45) is 0. The van der Waals surface area contributed by atoms with Crippen LogP contribution in [0.1, 0.15) is 58.2 Å². The average molecular weight is 612 g/mol. The van der Waals surface area contributed by atoms with Crippen LogP contribution in [0.5, 0.6) is 0 Å². The van der Waals surface area contributed by atoms with E-state index in [-0.39, 0.29) is 10.8 Å². The van der Waals surface area contributed by atoms with Crippen LogP contribution in [0.4, 0.5) is 0 Å². The minimum absolute atomic E-state index is 0.00356. The number of hydrogen-bond donors (Lipinski definition) is 0. The first-order valence-electron chi connectivity index (χ1n) is 16.0. The molecule has 0 atom stereocenters. The molecular weight excluding hydrogens is 574 g/mol. The van der Waals surface area contributed by atoms with Crippen molar-refractivity contribution in [2.24, 2.45) is 0 Å². The van der Waals surface area contributed by atoms with Crippen molar-refractivity contribution < 1.29 is 0 Å². The Hall–Kier alpha value is -5.60. The van der Waals surface area contributed by atoms with Crippen LogP contribution in [-0.2, 0) is 10.8 Å². The Morgan fingerprint density at radius 3 is 1.45 bits per heavy atom. The third-order valence-corrected chi connectivity index (χ3v) is 8.80. The molecule has 0 fully saturated rings. The summed E-state index contributed by atoms with van der Waals surface area (Å²) in [5.41, 5.74) is 8.73. The molecule has 0 radical (unpaired) electrons. The molecule has 5 heteroatoms. The van der Waals surface area contributed by atoms with Gasteiger partial charge in [0, 0.05) is 27.5 Å². The van der Waals surface area contributed by atoms with Gasteiger partial charge < -0.3 is 4.57 Å². The standard InChI is InChI=1S/C42H37N5/c1-41(2,3)30-18-21-35-32(24-30)33-25-31(42(4,5)6)19-22-36(33)47(35)37-20-17-27(26-43)23-34(37)40-45-38(28-13-9-7-10-14-28)44-39(46-40)29-15-11-8-12-16-29/h7-25H,1-6H3. The molecule has 0 unspecified atom stereocenters. The third-order valence-electron chi connectivity index (χ3n) is 8.80. The number of hydrogen-bond acceptors (Lipinski definition) is 4. The highest BCUT2D eigenvalue weighted by Gasteiger charge is 2.23. The van der Waals surface area contributed by atoms with Gasteiger partial charge in [-0.2, -0.15) is 5.26 Å². The van der Waals surface area contributed by atoms with Gasteiger partial charge in [-0.25, -0.2) is 15.0 Å². The molecular formula is C42H37N5. The molecule has 0 bridgehead atoms. The van der Waals surface area contributed by atoms with E-state index >= 15 is 0 Å². The topological polar surface area (TPSA) is 67.4 Å². The Kier molecular flexibility index (Phi) is 7.25. The predicted molar refractivity (Wildman–Crippen MR) is 193 cm³/mol. The molecule has 230 valence electrons. The lowest BCUT2D eigenvalue weighted by molar-refractivity contribution is 0.590. The van der Waals surface area contributed by atoms with Gasteiger partial charge >= 0.3 is 0 Å². The van der Waals surface area contributed by atoms with Crippen LogP contribution in [-0.4, -0.2) is 19.5 Å². The van der Waals surface area contributed by atoms with Gasteiger partial charge in [-0.1, -0.05) is 114 Å². The molecule has 0 saturated carbocycles. The molecule has 0 saturated heterocycles. The minimum Gasteiger partial charge on any atom is -0.308 e. The quantitative estimate of drug-likeness (QED) is 0.199. The molecule has 5 nitrogen and oxygen atoms in total. The van der Waals surface area contributed by atoms with Crippen LogP contribution in [0.15, 0.2) is 115 Å². The highest BCUT2D eigenvalue weighted by molar-refractivity contribution is 6.10. The van der Waals surface area contributed by atoms with Crippen molar-refractivity contribution in [3.8, 4) is 45.9 Å². The molecule has 0 spiro atoms. The number of nitriles is 1. The largest absolute Gasteiger partial charge is 0.308 e. The number of nitrogens with zero attached hydrogens (tertiary/aromatic N) is 5. The molecule has 7 rings (SSSR count). The maximum absolute atomic E-state index is 10.0. The van der Waals surface area contributed by atoms with E-state index in [4.69, 9.17) is 15.0 Å². The van der Waals surface area contributed by atoms with Crippen molar-refractivity contribution >= 4 is 21.8 Å². The molecule has 0 aliphatic carbocycles. The monoisotopic (exact) mass is 611 g/mol. The summed E-state index contributed by atoms with van der Waals surface area (Å²) in [6, 6.07) is 41.7. The van der Waals surface area contributed by atoms with Crippen LogP contribution in [0.2, 0.25) is 0 Å². The fourth-order valence-corrected chi connectivity index (χ4v) is 6.12. The van der Waals surface area contributed by atoms with E-state index in [9.17, 15) is 5.26 Å². The second kappa shape index (κ2) is 11.3. The summed E-state index contributed by atoms with van der Waals surface area (Å²) in [7, 11) is 0. The summed E-state index contributed by atoms with van der Waals surface area (Å²) in [5, 5.41) is 12.4. The van der Waals surface area contributed by atoms with Crippen molar-refractivity contribution in [2.75, 3.05) is 0 Å². The fraction of sp³-hybridized carbons (Fsp3) is 0.190. The fourth-order valence-electron chi connectivity index (χ4n) is 6.12. The molecule has 2 heterocycles. The molecule has 7 aromatic rings. The van der Waals surface area contributed by atoms with Gasteiger partial charge in [0.05, 0.1) is 28.4 Å². The number of benzene rings is 5. The summed E-state index contributed by atoms with van der Waals surface area (Å²) >= 11 is 0. The Morgan fingerprint density at radius 1 is 0.532 bits per heavy atom. The average Bonchev–Trinajstić information content (AvgIpc) is 3.41. The van der Waals surface area contributed by atoms with E-state index in [1.807, 2.05) is 78.9 Å². The lowest BCUT2D eigenvalue weighted by Gasteiger charge is -2.19. The zero-order valence-corrected chi connectivity index (χ0v) is 27.7. The molecule has 0 N–H and O–H groups in total. The summed E-state index contributed by atoms with van der Waals surface area (Å²) in [6.45, 7) is 13.5. The lowest BCUT2D eigenvalue weighted by Crippen LogP contribution is -2.10. The van der Waals surface area contributed by atoms with Crippen molar-refractivity contribution in [2.45, 2.75) is 52.4 Å². The first-order valence-corrected chi connectivity index (χ1v) is 16.0. The van der Waals surface area contributed by atoms with E-state index in [0.717, 1.165) is 33.4 Å². The van der Waals surface area contributed by atoms with Gasteiger partial charge in [-0.15, -0.1) is 0 Å². The number of aromatic nitrogens is 4. The van der Waals surface area contributed by atoms with Gasteiger partial charge in [-0.05, 0) is 64.4 Å². The van der Waals surface area contributed by atoms with Crippen LogP contribution >= 0.6 is 0 Å². The first kappa shape index (κ1) is 30.1. The second-order valence-corrected chi connectivity index (χ2v) is 14.2. The van der Waals surface area contributed by atoms with Crippen molar-refractivity contribution in [1.29, 1.82) is 5.26 Å². The maximum atomic E-state index is 10.0. The molecule has 47 heavy (non-hydrogen) atoms. The van der Waals surface area contributed by atoms with Gasteiger partial charge in [0.2, 0.25) is 0 Å². The highest BCUT2D eigenvalue weighted by Crippen LogP contribution is 2.40. The van der Waals surface area contributed by atoms with Crippen LogP contribution in [0.25, 0.3) is 61.7 Å².